The van der Waals surface area contributed by atoms with Crippen molar-refractivity contribution in [3.8, 4) is 45.5 Å². The summed E-state index contributed by atoms with van der Waals surface area (Å²) in [5.74, 6) is 1.91. The van der Waals surface area contributed by atoms with Crippen LogP contribution in [0.3, 0.4) is 0 Å². The molecule has 4 heterocycles. The zero-order valence-corrected chi connectivity index (χ0v) is 37.0. The number of hydrogen-bond acceptors (Lipinski definition) is 2. The molecule has 0 aliphatic rings. The second-order valence-electron chi connectivity index (χ2n) is 17.6. The first-order valence-electron chi connectivity index (χ1n) is 22.9. The molecule has 4 aromatic heterocycles. The average molecular weight is 862 g/mol. The van der Waals surface area contributed by atoms with Gasteiger partial charge in [0.05, 0.1) is 55.9 Å². The molecule has 0 radical (unpaired) electrons. The number of pyridine rings is 1. The summed E-state index contributed by atoms with van der Waals surface area (Å²) in [5.41, 5.74) is 13.8. The van der Waals surface area contributed by atoms with Crippen LogP contribution in [0, 0.1) is 6.33 Å². The lowest BCUT2D eigenvalue weighted by Crippen LogP contribution is -2.33. The molecule has 6 nitrogen and oxygen atoms in total. The molecule has 0 aliphatic heterocycles. The monoisotopic (exact) mass is 861 g/mol. The number of hydrogen-bond donors (Lipinski definition) is 0. The third-order valence-electron chi connectivity index (χ3n) is 13.3. The normalized spacial score (nSPS) is 11.9. The van der Waals surface area contributed by atoms with Crippen LogP contribution >= 0.6 is 0 Å². The fourth-order valence-electron chi connectivity index (χ4n) is 10.2. The number of rotatable bonds is 8. The van der Waals surface area contributed by atoms with E-state index in [4.69, 9.17) is 9.72 Å². The minimum absolute atomic E-state index is 0.451. The predicted molar refractivity (Wildman–Crippen MR) is 274 cm³/mol. The Balaban J connectivity index is 0.991. The van der Waals surface area contributed by atoms with Crippen LogP contribution in [-0.2, 0) is 0 Å². The lowest BCUT2D eigenvalue weighted by atomic mass is 9.97. The Morgan fingerprint density at radius 3 is 1.63 bits per heavy atom. The van der Waals surface area contributed by atoms with Gasteiger partial charge >= 0.3 is 0 Å². The number of benzene rings is 9. The van der Waals surface area contributed by atoms with Gasteiger partial charge in [0.1, 0.15) is 17.2 Å². The summed E-state index contributed by atoms with van der Waals surface area (Å²) in [6.07, 6.45) is 5.81. The fourth-order valence-corrected chi connectivity index (χ4v) is 10.2. The number of fused-ring (bicyclic) bond motifs is 8. The minimum Gasteiger partial charge on any atom is -0.458 e. The van der Waals surface area contributed by atoms with Gasteiger partial charge in [-0.1, -0.05) is 153 Å². The number of imidazole rings is 1. The van der Waals surface area contributed by atoms with Crippen molar-refractivity contribution >= 4 is 65.4 Å². The Bertz CT molecular complexity index is 3840. The third-order valence-corrected chi connectivity index (χ3v) is 13.3. The lowest BCUT2D eigenvalue weighted by Gasteiger charge is -2.20. The summed E-state index contributed by atoms with van der Waals surface area (Å²) >= 11 is 0. The summed E-state index contributed by atoms with van der Waals surface area (Å²) < 4.78 is 16.0. The van der Waals surface area contributed by atoms with Gasteiger partial charge in [-0.25, -0.2) is 0 Å². The van der Waals surface area contributed by atoms with Gasteiger partial charge in [-0.05, 0) is 89.7 Å². The first-order valence-corrected chi connectivity index (χ1v) is 22.9. The molecule has 67 heavy (non-hydrogen) atoms. The standard InChI is InChI=1S/C61H43N5O/c1-40(2)41-32-33-47-42(36-41)34-35-62-60(47)43-16-13-18-45(37-43)67-46-19-14-17-44(38-46)63-39-64(57-29-12-11-28-56(57)63)61-58(65-52-24-7-3-20-48(52)49-21-4-8-25-53(49)65)30-15-31-59(61)66-54-26-9-5-22-50(54)51-23-6-10-27-55(51)66/h3-38,40H,1-2H3. The van der Waals surface area contributed by atoms with Crippen molar-refractivity contribution in [2.24, 2.45) is 0 Å². The Morgan fingerprint density at radius 1 is 0.478 bits per heavy atom. The van der Waals surface area contributed by atoms with Crippen LogP contribution in [-0.4, -0.2) is 18.7 Å². The molecule has 0 N–H and O–H groups in total. The first-order chi connectivity index (χ1) is 33.1. The topological polar surface area (TPSA) is 40.8 Å². The summed E-state index contributed by atoms with van der Waals surface area (Å²) in [5, 5.41) is 7.13. The minimum atomic E-state index is 0.451. The zero-order valence-electron chi connectivity index (χ0n) is 37.0. The number of aromatic nitrogens is 5. The molecule has 0 saturated heterocycles. The molecule has 318 valence electrons. The van der Waals surface area contributed by atoms with Crippen LogP contribution in [0.5, 0.6) is 11.5 Å². The van der Waals surface area contributed by atoms with E-state index in [-0.39, 0.29) is 0 Å². The van der Waals surface area contributed by atoms with E-state index in [9.17, 15) is 0 Å². The SMILES string of the molecule is CC(C)c1ccc2c(-c3cccc(Oc4cccc(-n5[c-][n+](-c6c(-n7c8ccccc8c8ccccc87)cccc6-n6c7ccccc7c7ccccc76)c6ccccc65)c4)c3)nccc2c1. The Kier molecular flexibility index (Phi) is 8.93. The second kappa shape index (κ2) is 15.5. The van der Waals surface area contributed by atoms with Crippen LogP contribution in [0.2, 0.25) is 0 Å². The Labute approximate surface area is 387 Å². The smallest absolute Gasteiger partial charge is 0.269 e. The van der Waals surface area contributed by atoms with Gasteiger partial charge in [-0.3, -0.25) is 14.1 Å². The molecule has 0 aliphatic carbocycles. The van der Waals surface area contributed by atoms with E-state index in [1.165, 1.54) is 32.5 Å². The molecule has 0 unspecified atom stereocenters. The number of ether oxygens (including phenoxy) is 1. The highest BCUT2D eigenvalue weighted by Crippen LogP contribution is 2.39. The molecule has 13 rings (SSSR count). The van der Waals surface area contributed by atoms with E-state index >= 15 is 0 Å². The van der Waals surface area contributed by atoms with Crippen molar-refractivity contribution in [2.45, 2.75) is 19.8 Å². The highest BCUT2D eigenvalue weighted by molar-refractivity contribution is 6.11. The van der Waals surface area contributed by atoms with Crippen LogP contribution in [0.1, 0.15) is 25.3 Å². The summed E-state index contributed by atoms with van der Waals surface area (Å²) in [7, 11) is 0. The highest BCUT2D eigenvalue weighted by atomic mass is 16.5. The molecule has 0 fully saturated rings. The quantitative estimate of drug-likeness (QED) is 0.113. The van der Waals surface area contributed by atoms with Gasteiger partial charge in [0.15, 0.2) is 0 Å². The van der Waals surface area contributed by atoms with Gasteiger partial charge in [-0.2, -0.15) is 0 Å². The molecule has 0 spiro atoms. The van der Waals surface area contributed by atoms with Crippen molar-refractivity contribution in [1.82, 2.24) is 18.7 Å². The van der Waals surface area contributed by atoms with Gasteiger partial charge < -0.3 is 13.9 Å². The number of para-hydroxylation sites is 7. The third kappa shape index (κ3) is 6.25. The van der Waals surface area contributed by atoms with E-state index in [1.807, 2.05) is 24.4 Å². The summed E-state index contributed by atoms with van der Waals surface area (Å²) in [4.78, 5) is 4.85. The average Bonchev–Trinajstić information content (AvgIpc) is 4.04. The van der Waals surface area contributed by atoms with Crippen LogP contribution < -0.4 is 9.30 Å². The molecular formula is C61H43N5O. The van der Waals surface area contributed by atoms with Crippen LogP contribution in [0.4, 0.5) is 0 Å². The lowest BCUT2D eigenvalue weighted by molar-refractivity contribution is -0.571. The Morgan fingerprint density at radius 2 is 1.01 bits per heavy atom. The van der Waals surface area contributed by atoms with Gasteiger partial charge in [-0.15, -0.1) is 0 Å². The van der Waals surface area contributed by atoms with Crippen molar-refractivity contribution in [1.29, 1.82) is 0 Å². The van der Waals surface area contributed by atoms with Crippen molar-refractivity contribution < 1.29 is 9.30 Å². The van der Waals surface area contributed by atoms with Gasteiger partial charge in [0.25, 0.3) is 6.33 Å². The maximum absolute atomic E-state index is 6.70. The van der Waals surface area contributed by atoms with Crippen LogP contribution in [0.15, 0.2) is 219 Å². The molecule has 0 bridgehead atoms. The zero-order chi connectivity index (χ0) is 44.6. The van der Waals surface area contributed by atoms with E-state index in [0.29, 0.717) is 5.92 Å². The maximum Gasteiger partial charge on any atom is 0.269 e. The molecule has 13 aromatic rings. The summed E-state index contributed by atoms with van der Waals surface area (Å²) in [6.45, 7) is 4.45. The fraction of sp³-hybridized carbons (Fsp3) is 0.0492. The molecule has 9 aromatic carbocycles. The molecule has 6 heteroatoms. The van der Waals surface area contributed by atoms with E-state index in [0.717, 1.165) is 84.0 Å². The summed E-state index contributed by atoms with van der Waals surface area (Å²) in [6, 6.07) is 75.4. The molecular weight excluding hydrogens is 819 g/mol. The largest absolute Gasteiger partial charge is 0.458 e. The highest BCUT2D eigenvalue weighted by Gasteiger charge is 2.24. The van der Waals surface area contributed by atoms with E-state index < -0.39 is 0 Å². The van der Waals surface area contributed by atoms with Crippen LogP contribution in [0.25, 0.3) is 99.4 Å². The second-order valence-corrected chi connectivity index (χ2v) is 17.6. The number of nitrogens with zero attached hydrogens (tertiary/aromatic N) is 5. The van der Waals surface area contributed by atoms with Crippen molar-refractivity contribution in [3.05, 3.63) is 230 Å². The molecule has 0 saturated carbocycles. The van der Waals surface area contributed by atoms with Crippen molar-refractivity contribution in [2.75, 3.05) is 0 Å². The van der Waals surface area contributed by atoms with E-state index in [2.05, 4.69) is 233 Å². The van der Waals surface area contributed by atoms with Gasteiger partial charge in [0, 0.05) is 38.7 Å². The predicted octanol–water partition coefficient (Wildman–Crippen LogP) is 15.0. The molecule has 0 amide bonds. The van der Waals surface area contributed by atoms with Gasteiger partial charge in [0.2, 0.25) is 0 Å². The first kappa shape index (κ1) is 38.7. The van der Waals surface area contributed by atoms with Crippen molar-refractivity contribution in [3.63, 3.8) is 0 Å². The molecule has 0 atom stereocenters. The van der Waals surface area contributed by atoms with E-state index in [1.54, 1.807) is 0 Å². The maximum atomic E-state index is 6.70. The Hall–Kier alpha value is -8.74.